The van der Waals surface area contributed by atoms with Gasteiger partial charge in [-0.2, -0.15) is 0 Å². The second-order valence-electron chi connectivity index (χ2n) is 5.10. The van der Waals surface area contributed by atoms with Crippen molar-refractivity contribution < 1.29 is 31.9 Å². The molecule has 0 aromatic rings. The molecular formula is C10H19BrHgO2. The van der Waals surface area contributed by atoms with Crippen LogP contribution in [0.15, 0.2) is 0 Å². The molecule has 0 N–H and O–H groups in total. The van der Waals surface area contributed by atoms with Crippen molar-refractivity contribution in [1.29, 1.82) is 0 Å². The van der Waals surface area contributed by atoms with E-state index in [9.17, 15) is 0 Å². The second kappa shape index (κ2) is 6.16. The average molecular weight is 452 g/mol. The summed E-state index contributed by atoms with van der Waals surface area (Å²) in [6.45, 7) is 6.08. The summed E-state index contributed by atoms with van der Waals surface area (Å²) in [5, 5.41) is 0. The van der Waals surface area contributed by atoms with Gasteiger partial charge in [-0.05, 0) is 0 Å². The Morgan fingerprint density at radius 3 is 2.57 bits per heavy atom. The van der Waals surface area contributed by atoms with Gasteiger partial charge in [0.2, 0.25) is 0 Å². The summed E-state index contributed by atoms with van der Waals surface area (Å²) in [4.78, 5) is 10.9. The van der Waals surface area contributed by atoms with Crippen molar-refractivity contribution >= 4 is 11.9 Å². The van der Waals surface area contributed by atoms with E-state index in [-0.39, 0.29) is 5.60 Å². The summed E-state index contributed by atoms with van der Waals surface area (Å²) in [5.41, 5.74) is -0.175. The average Bonchev–Trinajstić information content (AvgIpc) is 2.14. The van der Waals surface area contributed by atoms with Crippen LogP contribution in [0.4, 0.5) is 0 Å². The van der Waals surface area contributed by atoms with E-state index in [0.29, 0.717) is 6.10 Å². The van der Waals surface area contributed by atoms with E-state index < -0.39 is 22.1 Å². The third-order valence-corrected chi connectivity index (χ3v) is 15.0. The molecule has 0 aromatic carbocycles. The zero-order valence-electron chi connectivity index (χ0n) is 9.38. The third-order valence-electron chi connectivity index (χ3n) is 2.39. The molecule has 14 heavy (non-hydrogen) atoms. The Hall–Kier alpha value is 1.34. The first-order valence-corrected chi connectivity index (χ1v) is 20.5. The first-order valence-electron chi connectivity index (χ1n) is 5.41. The van der Waals surface area contributed by atoms with Gasteiger partial charge in [-0.25, -0.2) is 0 Å². The Morgan fingerprint density at radius 2 is 2.00 bits per heavy atom. The molecule has 80 valence electrons. The van der Waals surface area contributed by atoms with E-state index in [1.54, 1.807) is 0 Å². The van der Waals surface area contributed by atoms with Crippen molar-refractivity contribution in [2.24, 2.45) is 0 Å². The molecule has 0 amide bonds. The van der Waals surface area contributed by atoms with Crippen molar-refractivity contribution in [2.45, 2.75) is 61.6 Å². The van der Waals surface area contributed by atoms with Gasteiger partial charge in [0.05, 0.1) is 0 Å². The molecule has 0 bridgehead atoms. The topological polar surface area (TPSA) is 18.5 Å². The summed E-state index contributed by atoms with van der Waals surface area (Å²) in [5.74, 6) is 0. The van der Waals surface area contributed by atoms with Crippen molar-refractivity contribution in [3.05, 3.63) is 0 Å². The van der Waals surface area contributed by atoms with Gasteiger partial charge in [0.15, 0.2) is 0 Å². The van der Waals surface area contributed by atoms with E-state index in [2.05, 4.69) is 11.9 Å². The number of hydrogen-bond donors (Lipinski definition) is 0. The zero-order chi connectivity index (χ0) is 10.6. The molecule has 0 aliphatic heterocycles. The monoisotopic (exact) mass is 452 g/mol. The number of rotatable bonds is 3. The van der Waals surface area contributed by atoms with Gasteiger partial charge in [-0.1, -0.05) is 0 Å². The van der Waals surface area contributed by atoms with Crippen molar-refractivity contribution in [1.82, 2.24) is 0 Å². The normalized spacial score (nSPS) is 28.6. The molecule has 4 heteroatoms. The van der Waals surface area contributed by atoms with Gasteiger partial charge < -0.3 is 0 Å². The van der Waals surface area contributed by atoms with Crippen LogP contribution in [0.3, 0.4) is 0 Å². The maximum absolute atomic E-state index is 5.49. The Morgan fingerprint density at radius 1 is 1.29 bits per heavy atom. The summed E-state index contributed by atoms with van der Waals surface area (Å²) in [7, 11) is 0. The van der Waals surface area contributed by atoms with Gasteiger partial charge in [0.1, 0.15) is 0 Å². The Bertz CT molecular complexity index is 170. The van der Waals surface area contributed by atoms with Crippen LogP contribution in [0.5, 0.6) is 0 Å². The van der Waals surface area contributed by atoms with Gasteiger partial charge >= 0.3 is 105 Å². The predicted octanol–water partition coefficient (Wildman–Crippen LogP) is 3.86. The summed E-state index contributed by atoms with van der Waals surface area (Å²) in [6, 6.07) is 0. The minimum atomic E-state index is -0.712. The molecule has 0 saturated heterocycles. The Labute approximate surface area is 105 Å². The number of hydrogen-bond acceptors (Lipinski definition) is 2. The third kappa shape index (κ3) is 5.43. The van der Waals surface area contributed by atoms with Crippen LogP contribution >= 0.6 is 11.9 Å². The van der Waals surface area contributed by atoms with Gasteiger partial charge in [-0.15, -0.1) is 0 Å². The number of halogens is 1. The molecular weight excluding hydrogens is 433 g/mol. The van der Waals surface area contributed by atoms with E-state index in [0.717, 1.165) is 3.43 Å². The first kappa shape index (κ1) is 13.4. The van der Waals surface area contributed by atoms with Gasteiger partial charge in [-0.3, -0.25) is 0 Å². The Kier molecular flexibility index (Phi) is 5.90. The molecule has 2 atom stereocenters. The van der Waals surface area contributed by atoms with E-state index >= 15 is 0 Å². The summed E-state index contributed by atoms with van der Waals surface area (Å²) < 4.78 is 0.984. The quantitative estimate of drug-likeness (QED) is 0.369. The molecule has 1 rings (SSSR count). The first-order chi connectivity index (χ1) is 6.51. The van der Waals surface area contributed by atoms with Crippen LogP contribution in [-0.4, -0.2) is 11.7 Å². The fourth-order valence-corrected chi connectivity index (χ4v) is 10.5. The fourth-order valence-electron chi connectivity index (χ4n) is 1.68. The van der Waals surface area contributed by atoms with Gasteiger partial charge in [0, 0.05) is 0 Å². The minimum absolute atomic E-state index is 0.175. The van der Waals surface area contributed by atoms with Crippen LogP contribution in [0.25, 0.3) is 0 Å². The summed E-state index contributed by atoms with van der Waals surface area (Å²) >= 11 is 3.04. The van der Waals surface area contributed by atoms with E-state index in [1.807, 2.05) is 20.8 Å². The molecule has 1 fully saturated rings. The SMILES string of the molecule is CC(C)(C)OOC1CCC[CH]([Hg][Br])C1. The molecule has 0 radical (unpaired) electrons. The van der Waals surface area contributed by atoms with Crippen molar-refractivity contribution in [3.8, 4) is 0 Å². The van der Waals surface area contributed by atoms with Crippen LogP contribution in [0, 0.1) is 0 Å². The van der Waals surface area contributed by atoms with E-state index in [4.69, 9.17) is 9.78 Å². The van der Waals surface area contributed by atoms with Crippen LogP contribution < -0.4 is 0 Å². The summed E-state index contributed by atoms with van der Waals surface area (Å²) in [6.07, 6.45) is 5.48. The molecule has 1 saturated carbocycles. The molecule has 1 aliphatic carbocycles. The second-order valence-corrected chi connectivity index (χ2v) is 16.5. The molecule has 1 aliphatic rings. The van der Waals surface area contributed by atoms with Crippen LogP contribution in [0.1, 0.15) is 46.5 Å². The molecule has 2 unspecified atom stereocenters. The van der Waals surface area contributed by atoms with Gasteiger partial charge in [0.25, 0.3) is 0 Å². The molecule has 2 nitrogen and oxygen atoms in total. The van der Waals surface area contributed by atoms with Crippen molar-refractivity contribution in [3.63, 3.8) is 0 Å². The molecule has 0 aromatic heterocycles. The molecule has 0 spiro atoms. The predicted molar refractivity (Wildman–Crippen MR) is 56.9 cm³/mol. The van der Waals surface area contributed by atoms with E-state index in [1.165, 1.54) is 25.7 Å². The zero-order valence-corrected chi connectivity index (χ0v) is 16.5. The van der Waals surface area contributed by atoms with Crippen LogP contribution in [0.2, 0.25) is 3.43 Å². The maximum atomic E-state index is 5.49. The standard InChI is InChI=1S/C10H19O2.BrH.Hg/c1-10(2,3)12-11-9-7-5-4-6-8-9;;/h5,9H,4,6-8H2,1-3H3;1H;/q;;+1/p-1. The van der Waals surface area contributed by atoms with Crippen molar-refractivity contribution in [2.75, 3.05) is 0 Å². The molecule has 0 heterocycles. The van der Waals surface area contributed by atoms with Crippen LogP contribution in [-0.2, 0) is 31.9 Å². The fraction of sp³-hybridized carbons (Fsp3) is 1.00. The Balaban J connectivity index is 2.24.